The fourth-order valence-corrected chi connectivity index (χ4v) is 2.56. The summed E-state index contributed by atoms with van der Waals surface area (Å²) in [6, 6.07) is 0. The monoisotopic (exact) mass is 436 g/mol. The van der Waals surface area contributed by atoms with E-state index in [1.165, 1.54) is 12.2 Å². The zero-order valence-corrected chi connectivity index (χ0v) is 16.9. The minimum absolute atomic E-state index is 0.0357. The lowest BCUT2D eigenvalue weighted by atomic mass is 10.1. The number of carbonyl (C=O) groups excluding carboxylic acids is 3. The summed E-state index contributed by atoms with van der Waals surface area (Å²) in [7, 11) is 1.10. The van der Waals surface area contributed by atoms with Crippen LogP contribution in [0.5, 0.6) is 0 Å². The number of thiol groups is 3. The molecule has 0 aromatic rings. The van der Waals surface area contributed by atoms with Gasteiger partial charge >= 0.3 is 0 Å². The number of carbonyl (C=O) groups is 3. The Morgan fingerprint density at radius 3 is 1.62 bits per heavy atom. The first-order valence-electron chi connectivity index (χ1n) is 7.50. The molecule has 0 unspecified atom stereocenters. The van der Waals surface area contributed by atoms with Gasteiger partial charge in [-0.3, -0.25) is 19.7 Å². The van der Waals surface area contributed by atoms with Gasteiger partial charge in [0, 0.05) is 13.5 Å². The van der Waals surface area contributed by atoms with Gasteiger partial charge < -0.3 is 16.0 Å². The Balaban J connectivity index is 5.47. The van der Waals surface area contributed by atoms with Gasteiger partial charge in [0.1, 0.15) is 0 Å². The highest BCUT2D eigenvalue weighted by Crippen LogP contribution is 2.20. The Morgan fingerprint density at radius 1 is 0.846 bits per heavy atom. The second-order valence-corrected chi connectivity index (χ2v) is 6.29. The minimum atomic E-state index is -3.28. The van der Waals surface area contributed by atoms with Gasteiger partial charge in [0.05, 0.1) is 11.5 Å². The molecule has 152 valence electrons. The standard InChI is InChI=1S/C13H23F3N4O3S3/c1-3-18-11(14,4-5-24)9(22)19-13(16,7-26)10(23)20-12(15,6-25)8(21)17-2/h18,24-26H,3-7H2,1-2H3,(H,17,21)(H,19,22)(H,20,23)/t11-,12+,13+/m1/s1. The second-order valence-electron chi connectivity index (χ2n) is 5.21. The first kappa shape index (κ1) is 25.2. The van der Waals surface area contributed by atoms with Gasteiger partial charge in [-0.1, -0.05) is 6.92 Å². The molecule has 4 N–H and O–H groups in total. The Hall–Kier alpha value is -0.790. The maximum atomic E-state index is 14.9. The summed E-state index contributed by atoms with van der Waals surface area (Å²) in [5.74, 6) is -15.3. The number of likely N-dealkylation sites (N-methyl/N-ethyl adjacent to an activating group) is 2. The SMILES string of the molecule is CCN[C@](F)(CCS)C(=O)N[C@@](F)(CS)C(=O)N[C@@](F)(CS)C(=O)NC. The van der Waals surface area contributed by atoms with E-state index in [1.54, 1.807) is 5.32 Å². The highest BCUT2D eigenvalue weighted by Gasteiger charge is 2.49. The number of nitrogens with one attached hydrogen (secondary N) is 4. The molecule has 0 aliphatic rings. The maximum Gasteiger partial charge on any atom is 0.282 e. The molecule has 0 bridgehead atoms. The molecule has 3 atom stereocenters. The number of halogens is 3. The van der Waals surface area contributed by atoms with Crippen molar-refractivity contribution in [2.45, 2.75) is 30.7 Å². The van der Waals surface area contributed by atoms with E-state index in [2.05, 4.69) is 43.2 Å². The topological polar surface area (TPSA) is 99.3 Å². The lowest BCUT2D eigenvalue weighted by Gasteiger charge is -2.32. The van der Waals surface area contributed by atoms with E-state index in [1.807, 2.05) is 5.32 Å². The van der Waals surface area contributed by atoms with Crippen LogP contribution >= 0.6 is 37.9 Å². The van der Waals surface area contributed by atoms with Crippen molar-refractivity contribution in [2.75, 3.05) is 30.9 Å². The van der Waals surface area contributed by atoms with Crippen LogP contribution < -0.4 is 21.3 Å². The van der Waals surface area contributed by atoms with Crippen LogP contribution in [-0.4, -0.2) is 66.0 Å². The normalized spacial score (nSPS) is 18.0. The van der Waals surface area contributed by atoms with Gasteiger partial charge in [0.15, 0.2) is 0 Å². The number of amides is 3. The average molecular weight is 437 g/mol. The third kappa shape index (κ3) is 6.13. The van der Waals surface area contributed by atoms with Crippen molar-refractivity contribution in [1.29, 1.82) is 0 Å². The molecule has 7 nitrogen and oxygen atoms in total. The summed E-state index contributed by atoms with van der Waals surface area (Å²) in [4.78, 5) is 35.7. The van der Waals surface area contributed by atoms with Crippen molar-refractivity contribution >= 4 is 55.6 Å². The lowest BCUT2D eigenvalue weighted by Crippen LogP contribution is -2.67. The summed E-state index contributed by atoms with van der Waals surface area (Å²) in [5, 5.41) is 7.26. The highest BCUT2D eigenvalue weighted by molar-refractivity contribution is 7.80. The third-order valence-corrected chi connectivity index (χ3v) is 4.37. The van der Waals surface area contributed by atoms with Gasteiger partial charge in [0.2, 0.25) is 5.79 Å². The predicted molar refractivity (Wildman–Crippen MR) is 102 cm³/mol. The van der Waals surface area contributed by atoms with Crippen molar-refractivity contribution < 1.29 is 27.6 Å². The van der Waals surface area contributed by atoms with Crippen LogP contribution in [0.3, 0.4) is 0 Å². The maximum absolute atomic E-state index is 14.9. The number of hydrogen-bond acceptors (Lipinski definition) is 7. The van der Waals surface area contributed by atoms with Crippen molar-refractivity contribution in [3.05, 3.63) is 0 Å². The fourth-order valence-electron chi connectivity index (χ4n) is 1.81. The van der Waals surface area contributed by atoms with E-state index < -0.39 is 53.0 Å². The molecule has 26 heavy (non-hydrogen) atoms. The largest absolute Gasteiger partial charge is 0.355 e. The van der Waals surface area contributed by atoms with E-state index in [4.69, 9.17) is 0 Å². The molecule has 0 saturated carbocycles. The zero-order chi connectivity index (χ0) is 20.6. The van der Waals surface area contributed by atoms with E-state index in [9.17, 15) is 27.6 Å². The molecule has 0 fully saturated rings. The predicted octanol–water partition coefficient (Wildman–Crippen LogP) is -0.249. The summed E-state index contributed by atoms with van der Waals surface area (Å²) < 4.78 is 43.9. The van der Waals surface area contributed by atoms with Gasteiger partial charge in [-0.25, -0.2) is 13.2 Å². The second kappa shape index (κ2) is 10.5. The van der Waals surface area contributed by atoms with Crippen LogP contribution in [0.15, 0.2) is 0 Å². The highest BCUT2D eigenvalue weighted by atomic mass is 32.1. The fraction of sp³-hybridized carbons (Fsp3) is 0.769. The molecule has 0 radical (unpaired) electrons. The van der Waals surface area contributed by atoms with Crippen LogP contribution in [0.4, 0.5) is 13.2 Å². The Morgan fingerprint density at radius 2 is 1.27 bits per heavy atom. The number of alkyl halides is 3. The summed E-state index contributed by atoms with van der Waals surface area (Å²) >= 11 is 11.1. The summed E-state index contributed by atoms with van der Waals surface area (Å²) in [5.41, 5.74) is 0. The van der Waals surface area contributed by atoms with Crippen LogP contribution in [-0.2, 0) is 14.4 Å². The van der Waals surface area contributed by atoms with Gasteiger partial charge in [0.25, 0.3) is 29.3 Å². The Kier molecular flexibility index (Phi) is 10.2. The van der Waals surface area contributed by atoms with Gasteiger partial charge in [-0.05, 0) is 12.3 Å². The quantitative estimate of drug-likeness (QED) is 0.179. The molecule has 0 aromatic heterocycles. The van der Waals surface area contributed by atoms with Crippen LogP contribution in [0.25, 0.3) is 0 Å². The molecule has 0 spiro atoms. The van der Waals surface area contributed by atoms with Crippen LogP contribution in [0.1, 0.15) is 13.3 Å². The lowest BCUT2D eigenvalue weighted by molar-refractivity contribution is -0.151. The molecule has 0 saturated heterocycles. The first-order valence-corrected chi connectivity index (χ1v) is 9.40. The number of rotatable bonds is 11. The molecular weight excluding hydrogens is 413 g/mol. The molecule has 0 aliphatic carbocycles. The average Bonchev–Trinajstić information content (AvgIpc) is 2.60. The molecule has 0 aliphatic heterocycles. The minimum Gasteiger partial charge on any atom is -0.355 e. The first-order chi connectivity index (χ1) is 12.0. The Bertz CT molecular complexity index is 526. The van der Waals surface area contributed by atoms with Crippen molar-refractivity contribution in [3.63, 3.8) is 0 Å². The number of hydrogen-bond donors (Lipinski definition) is 7. The smallest absolute Gasteiger partial charge is 0.282 e. The zero-order valence-electron chi connectivity index (χ0n) is 14.2. The van der Waals surface area contributed by atoms with Crippen molar-refractivity contribution in [3.8, 4) is 0 Å². The molecule has 0 heterocycles. The van der Waals surface area contributed by atoms with E-state index in [-0.39, 0.29) is 12.3 Å². The Labute approximate surface area is 166 Å². The van der Waals surface area contributed by atoms with E-state index in [0.717, 1.165) is 7.05 Å². The molecule has 0 rings (SSSR count). The van der Waals surface area contributed by atoms with E-state index in [0.29, 0.717) is 0 Å². The molecule has 3 amide bonds. The van der Waals surface area contributed by atoms with Crippen molar-refractivity contribution in [1.82, 2.24) is 21.3 Å². The molecule has 0 aromatic carbocycles. The van der Waals surface area contributed by atoms with Crippen LogP contribution in [0.2, 0.25) is 0 Å². The summed E-state index contributed by atoms with van der Waals surface area (Å²) in [6.45, 7) is 1.55. The van der Waals surface area contributed by atoms with Gasteiger partial charge in [-0.2, -0.15) is 37.9 Å². The van der Waals surface area contributed by atoms with Crippen molar-refractivity contribution in [2.24, 2.45) is 0 Å². The van der Waals surface area contributed by atoms with Gasteiger partial charge in [-0.15, -0.1) is 0 Å². The third-order valence-electron chi connectivity index (χ3n) is 3.28. The summed E-state index contributed by atoms with van der Waals surface area (Å²) in [6.07, 6.45) is -0.415. The molecule has 13 heteroatoms. The van der Waals surface area contributed by atoms with Crippen LogP contribution in [0, 0.1) is 0 Å². The van der Waals surface area contributed by atoms with E-state index >= 15 is 0 Å². The molecular formula is C13H23F3N4O3S3.